The Hall–Kier alpha value is -2.37. The number of carbonyl (C=O) groups excluding carboxylic acids is 2. The summed E-state index contributed by atoms with van der Waals surface area (Å²) in [6.45, 7) is 10.4. The Morgan fingerprint density at radius 1 is 1.20 bits per heavy atom. The number of carbonyl (C=O) groups is 2. The van der Waals surface area contributed by atoms with Gasteiger partial charge in [-0.1, -0.05) is 20.3 Å². The van der Waals surface area contributed by atoms with Crippen molar-refractivity contribution in [1.82, 2.24) is 0 Å². The monoisotopic (exact) mass is 418 g/mol. The van der Waals surface area contributed by atoms with Gasteiger partial charge in [-0.05, 0) is 70.1 Å². The predicted molar refractivity (Wildman–Crippen MR) is 122 cm³/mol. The molecule has 1 unspecified atom stereocenters. The van der Waals surface area contributed by atoms with Crippen LogP contribution in [0.25, 0.3) is 0 Å². The van der Waals surface area contributed by atoms with E-state index < -0.39 is 5.60 Å². The lowest BCUT2D eigenvalue weighted by atomic mass is 9.96. The fraction of sp³-hybridized carbons (Fsp3) is 0.625. The molecule has 2 N–H and O–H groups in total. The maximum atomic E-state index is 12.0. The summed E-state index contributed by atoms with van der Waals surface area (Å²) in [5.74, 6) is -0.127. The van der Waals surface area contributed by atoms with Crippen LogP contribution in [0, 0.1) is 5.92 Å². The van der Waals surface area contributed by atoms with Gasteiger partial charge in [0.2, 0.25) is 0 Å². The van der Waals surface area contributed by atoms with E-state index in [9.17, 15) is 9.59 Å². The number of hydrogen-bond donors (Lipinski definition) is 1. The molecule has 0 amide bonds. The summed E-state index contributed by atoms with van der Waals surface area (Å²) >= 11 is 0. The van der Waals surface area contributed by atoms with Crippen molar-refractivity contribution in [1.29, 1.82) is 0 Å². The van der Waals surface area contributed by atoms with Crippen LogP contribution in [-0.2, 0) is 20.7 Å². The van der Waals surface area contributed by atoms with Gasteiger partial charge >= 0.3 is 11.9 Å². The van der Waals surface area contributed by atoms with Gasteiger partial charge in [-0.3, -0.25) is 9.79 Å². The number of methoxy groups -OCH3 is 1. The Kier molecular flexibility index (Phi) is 10.6. The van der Waals surface area contributed by atoms with Gasteiger partial charge in [0, 0.05) is 30.4 Å². The zero-order valence-corrected chi connectivity index (χ0v) is 19.4. The van der Waals surface area contributed by atoms with E-state index in [0.29, 0.717) is 36.6 Å². The number of anilines is 1. The fourth-order valence-corrected chi connectivity index (χ4v) is 3.47. The first-order valence-corrected chi connectivity index (χ1v) is 10.8. The summed E-state index contributed by atoms with van der Waals surface area (Å²) in [5.41, 5.74) is 8.46. The molecule has 6 heteroatoms. The van der Waals surface area contributed by atoms with E-state index in [4.69, 9.17) is 15.2 Å². The van der Waals surface area contributed by atoms with E-state index in [0.717, 1.165) is 36.8 Å². The van der Waals surface area contributed by atoms with Gasteiger partial charge < -0.3 is 15.2 Å². The number of rotatable bonds is 11. The Morgan fingerprint density at radius 3 is 2.47 bits per heavy atom. The Morgan fingerprint density at radius 2 is 1.90 bits per heavy atom. The summed E-state index contributed by atoms with van der Waals surface area (Å²) in [7, 11) is 1.37. The quantitative estimate of drug-likeness (QED) is 0.311. The average molecular weight is 419 g/mol. The first-order chi connectivity index (χ1) is 14.1. The molecule has 1 aromatic carbocycles. The molecule has 0 aromatic heterocycles. The van der Waals surface area contributed by atoms with Crippen LogP contribution in [-0.4, -0.2) is 37.4 Å². The second-order valence-corrected chi connectivity index (χ2v) is 8.57. The van der Waals surface area contributed by atoms with Crippen molar-refractivity contribution >= 4 is 23.8 Å². The molecule has 0 saturated carbocycles. The van der Waals surface area contributed by atoms with E-state index in [2.05, 4.69) is 11.9 Å². The van der Waals surface area contributed by atoms with Crippen molar-refractivity contribution in [2.45, 2.75) is 78.7 Å². The summed E-state index contributed by atoms with van der Waals surface area (Å²) in [6, 6.07) is 3.42. The Balaban J connectivity index is 2.78. The van der Waals surface area contributed by atoms with E-state index >= 15 is 0 Å². The molecular formula is C24H38N2O4. The van der Waals surface area contributed by atoms with E-state index in [-0.39, 0.29) is 11.9 Å². The van der Waals surface area contributed by atoms with Gasteiger partial charge in [0.05, 0.1) is 12.7 Å². The maximum Gasteiger partial charge on any atom is 0.338 e. The molecule has 1 atom stereocenters. The van der Waals surface area contributed by atoms with Crippen molar-refractivity contribution in [3.05, 3.63) is 28.8 Å². The highest BCUT2D eigenvalue weighted by atomic mass is 16.6. The lowest BCUT2D eigenvalue weighted by Crippen LogP contribution is -2.23. The van der Waals surface area contributed by atoms with Gasteiger partial charge in [0.1, 0.15) is 5.60 Å². The molecule has 0 aliphatic carbocycles. The minimum absolute atomic E-state index is 0.152. The molecule has 0 radical (unpaired) electrons. The molecule has 6 nitrogen and oxygen atoms in total. The largest absolute Gasteiger partial charge is 0.465 e. The summed E-state index contributed by atoms with van der Waals surface area (Å²) in [5, 5.41) is 0. The molecular weight excluding hydrogens is 380 g/mol. The number of nitrogen functional groups attached to an aromatic ring is 1. The van der Waals surface area contributed by atoms with E-state index in [1.807, 2.05) is 27.7 Å². The third kappa shape index (κ3) is 8.56. The van der Waals surface area contributed by atoms with Gasteiger partial charge in [-0.15, -0.1) is 0 Å². The van der Waals surface area contributed by atoms with Crippen LogP contribution in [0.3, 0.4) is 0 Å². The van der Waals surface area contributed by atoms with Crippen molar-refractivity contribution < 1.29 is 19.1 Å². The van der Waals surface area contributed by atoms with Crippen LogP contribution in [0.4, 0.5) is 5.69 Å². The van der Waals surface area contributed by atoms with Crippen molar-refractivity contribution in [2.75, 3.05) is 19.4 Å². The Bertz CT molecular complexity index is 735. The van der Waals surface area contributed by atoms with Crippen LogP contribution in [0.5, 0.6) is 0 Å². The third-order valence-corrected chi connectivity index (χ3v) is 4.84. The number of hydrogen-bond acceptors (Lipinski definition) is 6. The second kappa shape index (κ2) is 12.4. The number of nitrogens with zero attached hydrogens (tertiary/aromatic N) is 1. The second-order valence-electron chi connectivity index (χ2n) is 8.57. The minimum Gasteiger partial charge on any atom is -0.465 e. The molecule has 0 spiro atoms. The molecule has 0 aliphatic heterocycles. The molecule has 168 valence electrons. The van der Waals surface area contributed by atoms with Gasteiger partial charge in [-0.2, -0.15) is 0 Å². The lowest BCUT2D eigenvalue weighted by Gasteiger charge is -2.20. The third-order valence-electron chi connectivity index (χ3n) is 4.84. The maximum absolute atomic E-state index is 12.0. The Labute approximate surface area is 181 Å². The van der Waals surface area contributed by atoms with Crippen LogP contribution in [0.1, 0.15) is 88.2 Å². The predicted octanol–water partition coefficient (Wildman–Crippen LogP) is 4.97. The molecule has 0 aliphatic rings. The summed E-state index contributed by atoms with van der Waals surface area (Å²) in [6.07, 6.45) is 6.67. The molecule has 0 bridgehead atoms. The van der Waals surface area contributed by atoms with Crippen LogP contribution < -0.4 is 5.73 Å². The standard InChI is InChI=1S/C24H38N2O4/c1-7-10-17(11-9-12-22(27)30-24(3,4)5)15-26-16-20-18(8-2)19(23(28)29-6)13-14-21(20)25/h13-14,16-17H,7-12,15,25H2,1-6H3. The van der Waals surface area contributed by atoms with Crippen molar-refractivity contribution in [3.8, 4) is 0 Å². The van der Waals surface area contributed by atoms with E-state index in [1.165, 1.54) is 7.11 Å². The number of aliphatic imine (C=N–C) groups is 1. The smallest absolute Gasteiger partial charge is 0.338 e. The molecule has 30 heavy (non-hydrogen) atoms. The minimum atomic E-state index is -0.445. The highest BCUT2D eigenvalue weighted by molar-refractivity contribution is 5.98. The first-order valence-electron chi connectivity index (χ1n) is 10.8. The molecule has 0 saturated heterocycles. The molecule has 1 rings (SSSR count). The SMILES string of the molecule is CCCC(CCCC(=O)OC(C)(C)C)CN=Cc1c(N)ccc(C(=O)OC)c1CC. The molecule has 1 aromatic rings. The number of esters is 2. The van der Waals surface area contributed by atoms with Crippen LogP contribution in [0.2, 0.25) is 0 Å². The van der Waals surface area contributed by atoms with E-state index in [1.54, 1.807) is 18.3 Å². The molecule has 0 fully saturated rings. The normalized spacial score (nSPS) is 12.7. The highest BCUT2D eigenvalue weighted by Crippen LogP contribution is 2.22. The van der Waals surface area contributed by atoms with Crippen molar-refractivity contribution in [3.63, 3.8) is 0 Å². The average Bonchev–Trinajstić information content (AvgIpc) is 2.66. The van der Waals surface area contributed by atoms with Crippen LogP contribution >= 0.6 is 0 Å². The molecule has 0 heterocycles. The zero-order valence-electron chi connectivity index (χ0n) is 19.4. The summed E-state index contributed by atoms with van der Waals surface area (Å²) in [4.78, 5) is 28.6. The zero-order chi connectivity index (χ0) is 22.7. The first kappa shape index (κ1) is 25.7. The van der Waals surface area contributed by atoms with Gasteiger partial charge in [0.25, 0.3) is 0 Å². The number of ether oxygens (including phenoxy) is 2. The van der Waals surface area contributed by atoms with Crippen molar-refractivity contribution in [2.24, 2.45) is 10.9 Å². The highest BCUT2D eigenvalue weighted by Gasteiger charge is 2.17. The number of benzene rings is 1. The van der Waals surface area contributed by atoms with Gasteiger partial charge in [-0.25, -0.2) is 4.79 Å². The lowest BCUT2D eigenvalue weighted by molar-refractivity contribution is -0.154. The topological polar surface area (TPSA) is 91.0 Å². The summed E-state index contributed by atoms with van der Waals surface area (Å²) < 4.78 is 10.3. The fourth-order valence-electron chi connectivity index (χ4n) is 3.47. The number of nitrogens with two attached hydrogens (primary N) is 1. The van der Waals surface area contributed by atoms with Gasteiger partial charge in [0.15, 0.2) is 0 Å². The van der Waals surface area contributed by atoms with Crippen LogP contribution in [0.15, 0.2) is 17.1 Å².